The Hall–Kier alpha value is -2.02. The molecule has 1 aliphatic carbocycles. The summed E-state index contributed by atoms with van der Waals surface area (Å²) < 4.78 is 13.2. The van der Waals surface area contributed by atoms with Gasteiger partial charge in [-0.3, -0.25) is 14.9 Å². The fourth-order valence-electron chi connectivity index (χ4n) is 2.53. The van der Waals surface area contributed by atoms with Gasteiger partial charge in [-0.2, -0.15) is 4.39 Å². The van der Waals surface area contributed by atoms with Crippen molar-refractivity contribution >= 4 is 11.6 Å². The number of benzene rings is 1. The van der Waals surface area contributed by atoms with Crippen LogP contribution < -0.4 is 5.32 Å². The lowest BCUT2D eigenvalue weighted by Gasteiger charge is -2.32. The van der Waals surface area contributed by atoms with Crippen LogP contribution >= 0.6 is 0 Å². The largest absolute Gasteiger partial charge is 0.388 e. The quantitative estimate of drug-likeness (QED) is 0.657. The van der Waals surface area contributed by atoms with Gasteiger partial charge in [0.2, 0.25) is 5.82 Å². The van der Waals surface area contributed by atoms with Gasteiger partial charge >= 0.3 is 5.69 Å². The molecule has 1 aromatic carbocycles. The van der Waals surface area contributed by atoms with Gasteiger partial charge in [-0.05, 0) is 25.0 Å². The lowest BCUT2D eigenvalue weighted by atomic mass is 9.85. The molecule has 0 heterocycles. The van der Waals surface area contributed by atoms with Gasteiger partial charge in [0, 0.05) is 18.2 Å². The third-order valence-corrected chi connectivity index (χ3v) is 3.77. The van der Waals surface area contributed by atoms with Gasteiger partial charge in [0.05, 0.1) is 10.5 Å². The summed E-state index contributed by atoms with van der Waals surface area (Å²) in [4.78, 5) is 21.7. The first kappa shape index (κ1) is 15.4. The van der Waals surface area contributed by atoms with Crippen molar-refractivity contribution in [3.8, 4) is 0 Å². The number of hydrogen-bond acceptors (Lipinski definition) is 4. The summed E-state index contributed by atoms with van der Waals surface area (Å²) in [5.41, 5.74) is -1.65. The molecule has 0 unspecified atom stereocenters. The Balaban J connectivity index is 2.03. The van der Waals surface area contributed by atoms with Crippen LogP contribution in [0.2, 0.25) is 0 Å². The maximum absolute atomic E-state index is 13.2. The first-order valence-electron chi connectivity index (χ1n) is 6.86. The molecule has 6 nitrogen and oxygen atoms in total. The van der Waals surface area contributed by atoms with Crippen molar-refractivity contribution < 1.29 is 19.2 Å². The summed E-state index contributed by atoms with van der Waals surface area (Å²) in [6, 6.07) is 2.97. The van der Waals surface area contributed by atoms with E-state index in [9.17, 15) is 24.4 Å². The molecule has 2 N–H and O–H groups in total. The monoisotopic (exact) mass is 296 g/mol. The van der Waals surface area contributed by atoms with E-state index in [0.29, 0.717) is 12.8 Å². The van der Waals surface area contributed by atoms with Crippen molar-refractivity contribution in [1.29, 1.82) is 0 Å². The van der Waals surface area contributed by atoms with E-state index in [1.807, 2.05) is 0 Å². The number of rotatable bonds is 4. The van der Waals surface area contributed by atoms with E-state index in [4.69, 9.17) is 0 Å². The molecule has 1 aromatic rings. The molecule has 0 saturated heterocycles. The fraction of sp³-hybridized carbons (Fsp3) is 0.500. The summed E-state index contributed by atoms with van der Waals surface area (Å²) in [5, 5.41) is 23.5. The van der Waals surface area contributed by atoms with Crippen LogP contribution in [0, 0.1) is 15.9 Å². The average molecular weight is 296 g/mol. The highest BCUT2D eigenvalue weighted by Crippen LogP contribution is 2.27. The molecular formula is C14H17FN2O4. The van der Waals surface area contributed by atoms with E-state index in [1.54, 1.807) is 0 Å². The molecular weight excluding hydrogens is 279 g/mol. The number of nitrogens with one attached hydrogen (secondary N) is 1. The lowest BCUT2D eigenvalue weighted by molar-refractivity contribution is -0.387. The zero-order chi connectivity index (χ0) is 15.5. The van der Waals surface area contributed by atoms with Gasteiger partial charge in [-0.1, -0.05) is 19.3 Å². The van der Waals surface area contributed by atoms with Gasteiger partial charge in [-0.25, -0.2) is 0 Å². The van der Waals surface area contributed by atoms with Gasteiger partial charge in [0.1, 0.15) is 0 Å². The number of carbonyl (C=O) groups is 1. The first-order chi connectivity index (χ1) is 9.91. The number of aliphatic hydroxyl groups is 1. The number of nitrogens with zero attached hydrogens (tertiary/aromatic N) is 1. The average Bonchev–Trinajstić information content (AvgIpc) is 2.46. The maximum atomic E-state index is 13.2. The topological polar surface area (TPSA) is 92.5 Å². The zero-order valence-electron chi connectivity index (χ0n) is 11.5. The van der Waals surface area contributed by atoms with E-state index in [0.717, 1.165) is 31.4 Å². The Morgan fingerprint density at radius 2 is 2.05 bits per heavy atom. The number of carbonyl (C=O) groups excluding carboxylic acids is 1. The highest BCUT2D eigenvalue weighted by atomic mass is 19.1. The third-order valence-electron chi connectivity index (χ3n) is 3.77. The smallest absolute Gasteiger partial charge is 0.305 e. The van der Waals surface area contributed by atoms with Crippen molar-refractivity contribution in [2.24, 2.45) is 0 Å². The highest BCUT2D eigenvalue weighted by molar-refractivity contribution is 5.94. The SMILES string of the molecule is O=C(NCC1(O)CCCCC1)c1ccc(F)c([N+](=O)[O-])c1. The van der Waals surface area contributed by atoms with Crippen molar-refractivity contribution in [2.45, 2.75) is 37.7 Å². The molecule has 21 heavy (non-hydrogen) atoms. The summed E-state index contributed by atoms with van der Waals surface area (Å²) in [6.07, 6.45) is 4.14. The minimum atomic E-state index is -0.984. The van der Waals surface area contributed by atoms with E-state index < -0.39 is 27.9 Å². The van der Waals surface area contributed by atoms with Gasteiger partial charge in [0.15, 0.2) is 0 Å². The molecule has 0 aliphatic heterocycles. The zero-order valence-corrected chi connectivity index (χ0v) is 11.5. The number of hydrogen-bond donors (Lipinski definition) is 2. The molecule has 1 saturated carbocycles. The Morgan fingerprint density at radius 3 is 2.67 bits per heavy atom. The standard InChI is InChI=1S/C14H17FN2O4/c15-11-5-4-10(8-12(11)17(20)21)13(18)16-9-14(19)6-2-1-3-7-14/h4-5,8,19H,1-3,6-7,9H2,(H,16,18). The number of halogens is 1. The van der Waals surface area contributed by atoms with Crippen molar-refractivity contribution in [1.82, 2.24) is 5.32 Å². The summed E-state index contributed by atoms with van der Waals surface area (Å²) in [6.45, 7) is 0.0943. The summed E-state index contributed by atoms with van der Waals surface area (Å²) in [7, 11) is 0. The molecule has 114 valence electrons. The molecule has 1 fully saturated rings. The Kier molecular flexibility index (Phi) is 4.52. The Labute approximate surface area is 121 Å². The molecule has 0 radical (unpaired) electrons. The second-order valence-electron chi connectivity index (χ2n) is 5.39. The molecule has 0 bridgehead atoms. The maximum Gasteiger partial charge on any atom is 0.305 e. The lowest BCUT2D eigenvalue weighted by Crippen LogP contribution is -2.44. The van der Waals surface area contributed by atoms with Crippen LogP contribution in [0.3, 0.4) is 0 Å². The fourth-order valence-corrected chi connectivity index (χ4v) is 2.53. The molecule has 0 spiro atoms. The third kappa shape index (κ3) is 3.75. The van der Waals surface area contributed by atoms with E-state index >= 15 is 0 Å². The number of nitro groups is 1. The first-order valence-corrected chi connectivity index (χ1v) is 6.86. The minimum absolute atomic E-state index is 0.00232. The number of amides is 1. The summed E-state index contributed by atoms with van der Waals surface area (Å²) >= 11 is 0. The number of nitro benzene ring substituents is 1. The molecule has 0 aromatic heterocycles. The van der Waals surface area contributed by atoms with Crippen molar-refractivity contribution in [3.63, 3.8) is 0 Å². The minimum Gasteiger partial charge on any atom is -0.388 e. The van der Waals surface area contributed by atoms with Gasteiger partial charge in [0.25, 0.3) is 5.91 Å². The highest BCUT2D eigenvalue weighted by Gasteiger charge is 2.29. The predicted octanol–water partition coefficient (Wildman–Crippen LogP) is 2.16. The second-order valence-corrected chi connectivity index (χ2v) is 5.39. The van der Waals surface area contributed by atoms with E-state index in [-0.39, 0.29) is 12.1 Å². The molecule has 1 aliphatic rings. The van der Waals surface area contributed by atoms with Crippen LogP contribution in [0.4, 0.5) is 10.1 Å². The van der Waals surface area contributed by atoms with Crippen LogP contribution in [0.25, 0.3) is 0 Å². The normalized spacial score (nSPS) is 17.2. The van der Waals surface area contributed by atoms with Crippen molar-refractivity contribution in [2.75, 3.05) is 6.54 Å². The van der Waals surface area contributed by atoms with E-state index in [2.05, 4.69) is 5.32 Å². The van der Waals surface area contributed by atoms with Crippen LogP contribution in [0.15, 0.2) is 18.2 Å². The van der Waals surface area contributed by atoms with Crippen LogP contribution in [-0.4, -0.2) is 28.1 Å². The Morgan fingerprint density at radius 1 is 1.38 bits per heavy atom. The van der Waals surface area contributed by atoms with Crippen LogP contribution in [0.5, 0.6) is 0 Å². The predicted molar refractivity (Wildman–Crippen MR) is 73.4 cm³/mol. The Bertz CT molecular complexity index is 556. The molecule has 2 rings (SSSR count). The molecule has 1 amide bonds. The second kappa shape index (κ2) is 6.17. The molecule has 0 atom stereocenters. The van der Waals surface area contributed by atoms with Crippen molar-refractivity contribution in [3.05, 3.63) is 39.7 Å². The van der Waals surface area contributed by atoms with Gasteiger partial charge in [-0.15, -0.1) is 0 Å². The van der Waals surface area contributed by atoms with Crippen LogP contribution in [0.1, 0.15) is 42.5 Å². The van der Waals surface area contributed by atoms with Gasteiger partial charge < -0.3 is 10.4 Å². The summed E-state index contributed by atoms with van der Waals surface area (Å²) in [5.74, 6) is -1.54. The molecule has 7 heteroatoms. The van der Waals surface area contributed by atoms with Crippen LogP contribution in [-0.2, 0) is 0 Å². The van der Waals surface area contributed by atoms with E-state index in [1.165, 1.54) is 6.07 Å².